The number of allylic oxidation sites excluding steroid dienone is 1. The highest BCUT2D eigenvalue weighted by atomic mass is 16.5. The van der Waals surface area contributed by atoms with E-state index in [1.54, 1.807) is 0 Å². The summed E-state index contributed by atoms with van der Waals surface area (Å²) in [7, 11) is 0. The topological polar surface area (TPSA) is 9.23 Å². The summed E-state index contributed by atoms with van der Waals surface area (Å²) in [5, 5.41) is 0. The standard InChI is InChI=1S/C15H21O/c1-5-8-13-9-10-14(16-7-3)11-15(13)12(4)6-2/h6,9-12H,2,4-5,7-8H2,1,3H3. The van der Waals surface area contributed by atoms with Crippen molar-refractivity contribution in [1.82, 2.24) is 0 Å². The van der Waals surface area contributed by atoms with E-state index in [-0.39, 0.29) is 5.92 Å². The van der Waals surface area contributed by atoms with Gasteiger partial charge in [-0.25, -0.2) is 0 Å². The molecule has 16 heavy (non-hydrogen) atoms. The lowest BCUT2D eigenvalue weighted by Crippen LogP contribution is -1.99. The van der Waals surface area contributed by atoms with Crippen molar-refractivity contribution in [3.8, 4) is 5.75 Å². The van der Waals surface area contributed by atoms with Gasteiger partial charge in [0.15, 0.2) is 0 Å². The molecule has 1 aromatic rings. The average Bonchev–Trinajstić information content (AvgIpc) is 2.31. The number of hydrogen-bond acceptors (Lipinski definition) is 1. The van der Waals surface area contributed by atoms with E-state index in [0.29, 0.717) is 6.61 Å². The SMILES string of the molecule is [CH2]C(C=C)c1cc(OCC)ccc1CCC. The molecule has 0 amide bonds. The van der Waals surface area contributed by atoms with Crippen LogP contribution in [-0.2, 0) is 6.42 Å². The molecule has 87 valence electrons. The van der Waals surface area contributed by atoms with E-state index < -0.39 is 0 Å². The molecule has 0 aliphatic carbocycles. The zero-order valence-electron chi connectivity index (χ0n) is 10.3. The van der Waals surface area contributed by atoms with E-state index in [2.05, 4.69) is 32.6 Å². The van der Waals surface area contributed by atoms with Crippen LogP contribution in [0.3, 0.4) is 0 Å². The van der Waals surface area contributed by atoms with Crippen LogP contribution in [0, 0.1) is 6.92 Å². The van der Waals surface area contributed by atoms with Gasteiger partial charge >= 0.3 is 0 Å². The summed E-state index contributed by atoms with van der Waals surface area (Å²) in [6, 6.07) is 6.27. The molecule has 0 N–H and O–H groups in total. The Bertz CT molecular complexity index is 341. The third kappa shape index (κ3) is 3.13. The molecular formula is C15H21O. The normalized spacial score (nSPS) is 12.2. The Morgan fingerprint density at radius 3 is 2.69 bits per heavy atom. The van der Waals surface area contributed by atoms with Gasteiger partial charge in [0, 0.05) is 5.92 Å². The van der Waals surface area contributed by atoms with Crippen molar-refractivity contribution in [2.45, 2.75) is 32.6 Å². The molecule has 0 bridgehead atoms. The van der Waals surface area contributed by atoms with E-state index in [1.165, 1.54) is 11.1 Å². The molecule has 0 aliphatic heterocycles. The van der Waals surface area contributed by atoms with Crippen molar-refractivity contribution in [3.63, 3.8) is 0 Å². The van der Waals surface area contributed by atoms with Crippen LogP contribution in [0.15, 0.2) is 30.9 Å². The van der Waals surface area contributed by atoms with Gasteiger partial charge in [-0.3, -0.25) is 0 Å². The van der Waals surface area contributed by atoms with Crippen LogP contribution in [0.2, 0.25) is 0 Å². The number of rotatable bonds is 6. The van der Waals surface area contributed by atoms with Crippen molar-refractivity contribution in [2.24, 2.45) is 0 Å². The number of ether oxygens (including phenoxy) is 1. The van der Waals surface area contributed by atoms with Crippen LogP contribution >= 0.6 is 0 Å². The van der Waals surface area contributed by atoms with Crippen LogP contribution in [0.25, 0.3) is 0 Å². The maximum absolute atomic E-state index is 5.51. The summed E-state index contributed by atoms with van der Waals surface area (Å²) in [4.78, 5) is 0. The highest BCUT2D eigenvalue weighted by Crippen LogP contribution is 2.26. The van der Waals surface area contributed by atoms with E-state index >= 15 is 0 Å². The molecule has 1 unspecified atom stereocenters. The summed E-state index contributed by atoms with van der Waals surface area (Å²) in [5.41, 5.74) is 2.59. The Kier molecular flexibility index (Phi) is 5.10. The van der Waals surface area contributed by atoms with Gasteiger partial charge in [-0.1, -0.05) is 25.5 Å². The van der Waals surface area contributed by atoms with Crippen molar-refractivity contribution in [3.05, 3.63) is 48.9 Å². The van der Waals surface area contributed by atoms with Gasteiger partial charge in [-0.05, 0) is 43.5 Å². The molecule has 0 aliphatic rings. The minimum Gasteiger partial charge on any atom is -0.494 e. The van der Waals surface area contributed by atoms with Crippen molar-refractivity contribution in [2.75, 3.05) is 6.61 Å². The predicted octanol–water partition coefficient (Wildman–Crippen LogP) is 4.14. The molecule has 0 saturated heterocycles. The first-order chi connectivity index (χ1) is 7.72. The molecule has 0 fully saturated rings. The molecule has 0 saturated carbocycles. The first-order valence-electron chi connectivity index (χ1n) is 5.94. The second-order valence-corrected chi connectivity index (χ2v) is 3.89. The van der Waals surface area contributed by atoms with E-state index in [0.717, 1.165) is 18.6 Å². The monoisotopic (exact) mass is 217 g/mol. The summed E-state index contributed by atoms with van der Waals surface area (Å²) >= 11 is 0. The lowest BCUT2D eigenvalue weighted by atomic mass is 9.93. The zero-order valence-corrected chi connectivity index (χ0v) is 10.3. The molecular weight excluding hydrogens is 196 g/mol. The average molecular weight is 217 g/mol. The lowest BCUT2D eigenvalue weighted by molar-refractivity contribution is 0.339. The van der Waals surface area contributed by atoms with E-state index in [9.17, 15) is 0 Å². The summed E-state index contributed by atoms with van der Waals surface area (Å²) in [6.45, 7) is 12.8. The first kappa shape index (κ1) is 12.8. The van der Waals surface area contributed by atoms with Crippen LogP contribution in [0.4, 0.5) is 0 Å². The van der Waals surface area contributed by atoms with Crippen LogP contribution in [0.1, 0.15) is 37.3 Å². The molecule has 1 heteroatoms. The summed E-state index contributed by atoms with van der Waals surface area (Å²) < 4.78 is 5.51. The van der Waals surface area contributed by atoms with Gasteiger partial charge in [-0.15, -0.1) is 6.58 Å². The number of aryl methyl sites for hydroxylation is 1. The minimum atomic E-state index is 0.141. The van der Waals surface area contributed by atoms with Crippen molar-refractivity contribution < 1.29 is 4.74 Å². The van der Waals surface area contributed by atoms with Gasteiger partial charge in [0.1, 0.15) is 5.75 Å². The zero-order chi connectivity index (χ0) is 12.0. The second-order valence-electron chi connectivity index (χ2n) is 3.89. The molecule has 1 rings (SSSR count). The fourth-order valence-corrected chi connectivity index (χ4v) is 1.80. The van der Waals surface area contributed by atoms with Crippen molar-refractivity contribution >= 4 is 0 Å². The Hall–Kier alpha value is -1.24. The predicted molar refractivity (Wildman–Crippen MR) is 69.9 cm³/mol. The van der Waals surface area contributed by atoms with Gasteiger partial charge in [0.2, 0.25) is 0 Å². The fourth-order valence-electron chi connectivity index (χ4n) is 1.80. The van der Waals surface area contributed by atoms with Crippen LogP contribution in [0.5, 0.6) is 5.75 Å². The molecule has 1 nitrogen and oxygen atoms in total. The Balaban J connectivity index is 3.04. The van der Waals surface area contributed by atoms with E-state index in [1.807, 2.05) is 19.1 Å². The summed E-state index contributed by atoms with van der Waals surface area (Å²) in [6.07, 6.45) is 4.11. The van der Waals surface area contributed by atoms with Crippen LogP contribution < -0.4 is 4.74 Å². The number of hydrogen-bond donors (Lipinski definition) is 0. The summed E-state index contributed by atoms with van der Waals surface area (Å²) in [5.74, 6) is 1.06. The maximum Gasteiger partial charge on any atom is 0.119 e. The number of benzene rings is 1. The molecule has 1 aromatic carbocycles. The molecule has 1 radical (unpaired) electrons. The second kappa shape index (κ2) is 6.37. The smallest absolute Gasteiger partial charge is 0.119 e. The fraction of sp³-hybridized carbons (Fsp3) is 0.400. The quantitative estimate of drug-likeness (QED) is 0.651. The minimum absolute atomic E-state index is 0.141. The van der Waals surface area contributed by atoms with Crippen molar-refractivity contribution in [1.29, 1.82) is 0 Å². The third-order valence-corrected chi connectivity index (χ3v) is 2.63. The Morgan fingerprint density at radius 2 is 2.12 bits per heavy atom. The molecule has 0 aromatic heterocycles. The van der Waals surface area contributed by atoms with Gasteiger partial charge in [0.05, 0.1) is 6.61 Å². The molecule has 0 heterocycles. The highest BCUT2D eigenvalue weighted by Gasteiger charge is 2.08. The van der Waals surface area contributed by atoms with Gasteiger partial charge < -0.3 is 4.74 Å². The van der Waals surface area contributed by atoms with Gasteiger partial charge in [-0.2, -0.15) is 0 Å². The molecule has 0 spiro atoms. The molecule has 1 atom stereocenters. The van der Waals surface area contributed by atoms with Crippen LogP contribution in [-0.4, -0.2) is 6.61 Å². The lowest BCUT2D eigenvalue weighted by Gasteiger charge is -2.15. The Morgan fingerprint density at radius 1 is 1.38 bits per heavy atom. The largest absolute Gasteiger partial charge is 0.494 e. The Labute approximate surface area is 99.1 Å². The third-order valence-electron chi connectivity index (χ3n) is 2.63. The first-order valence-corrected chi connectivity index (χ1v) is 5.94. The highest BCUT2D eigenvalue weighted by molar-refractivity contribution is 5.40. The van der Waals surface area contributed by atoms with E-state index in [4.69, 9.17) is 4.74 Å². The van der Waals surface area contributed by atoms with Gasteiger partial charge in [0.25, 0.3) is 0 Å². The maximum atomic E-state index is 5.51.